The number of carbonyl (C=O) groups is 1. The van der Waals surface area contributed by atoms with E-state index in [0.29, 0.717) is 11.2 Å². The highest BCUT2D eigenvalue weighted by Crippen LogP contribution is 2.27. The Balaban J connectivity index is 1.73. The molecule has 0 spiro atoms. The summed E-state index contributed by atoms with van der Waals surface area (Å²) in [6.45, 7) is 3.79. The second kappa shape index (κ2) is 7.26. The fourth-order valence-electron chi connectivity index (χ4n) is 3.19. The molecule has 0 aliphatic heterocycles. The zero-order valence-corrected chi connectivity index (χ0v) is 15.8. The average molecular weight is 375 g/mol. The van der Waals surface area contributed by atoms with E-state index < -0.39 is 0 Å². The van der Waals surface area contributed by atoms with Crippen molar-refractivity contribution < 1.29 is 4.79 Å². The molecule has 0 fully saturated rings. The van der Waals surface area contributed by atoms with Crippen molar-refractivity contribution in [2.75, 3.05) is 0 Å². The predicted molar refractivity (Wildman–Crippen MR) is 108 cm³/mol. The summed E-state index contributed by atoms with van der Waals surface area (Å²) in [5.41, 5.74) is 1.68. The molecule has 0 aliphatic carbocycles. The fraction of sp³-hybridized carbons (Fsp3) is 0.238. The molecule has 2 heterocycles. The lowest BCUT2D eigenvalue weighted by atomic mass is 10.0. The van der Waals surface area contributed by atoms with Gasteiger partial charge in [0.1, 0.15) is 18.4 Å². The molecule has 4 rings (SSSR count). The lowest BCUT2D eigenvalue weighted by Crippen LogP contribution is -2.38. The van der Waals surface area contributed by atoms with E-state index in [-0.39, 0.29) is 24.1 Å². The molecule has 28 heavy (non-hydrogen) atoms. The molecule has 7 nitrogen and oxygen atoms in total. The number of nitrogens with zero attached hydrogens (tertiary/aromatic N) is 4. The Hall–Kier alpha value is -3.48. The van der Waals surface area contributed by atoms with Crippen molar-refractivity contribution in [1.82, 2.24) is 24.7 Å². The molecule has 0 bridgehead atoms. The highest BCUT2D eigenvalue weighted by molar-refractivity contribution is 5.96. The van der Waals surface area contributed by atoms with Crippen LogP contribution in [-0.4, -0.2) is 31.3 Å². The van der Waals surface area contributed by atoms with Crippen molar-refractivity contribution in [3.05, 3.63) is 65.2 Å². The molecule has 142 valence electrons. The number of carbonyl (C=O) groups excluding carboxylic acids is 1. The second-order valence-electron chi connectivity index (χ2n) is 6.86. The summed E-state index contributed by atoms with van der Waals surface area (Å²) >= 11 is 0. The van der Waals surface area contributed by atoms with Gasteiger partial charge in [-0.3, -0.25) is 9.59 Å². The lowest BCUT2D eigenvalue weighted by Gasteiger charge is -2.11. The van der Waals surface area contributed by atoms with Gasteiger partial charge in [0.05, 0.1) is 5.69 Å². The maximum absolute atomic E-state index is 12.8. The molecule has 0 aliphatic rings. The third-order valence-corrected chi connectivity index (χ3v) is 4.87. The van der Waals surface area contributed by atoms with Gasteiger partial charge in [-0.05, 0) is 30.2 Å². The molecule has 2 aromatic carbocycles. The van der Waals surface area contributed by atoms with E-state index in [1.807, 2.05) is 56.3 Å². The summed E-state index contributed by atoms with van der Waals surface area (Å²) in [5.74, 6) is -0.234. The van der Waals surface area contributed by atoms with Crippen LogP contribution in [0.3, 0.4) is 0 Å². The lowest BCUT2D eigenvalue weighted by molar-refractivity contribution is -0.122. The zero-order chi connectivity index (χ0) is 19.7. The summed E-state index contributed by atoms with van der Waals surface area (Å²) in [4.78, 5) is 24.9. The first-order valence-corrected chi connectivity index (χ1v) is 9.30. The number of fused-ring (bicyclic) bond motifs is 2. The zero-order valence-electron chi connectivity index (χ0n) is 15.8. The quantitative estimate of drug-likeness (QED) is 0.581. The van der Waals surface area contributed by atoms with Crippen molar-refractivity contribution >= 4 is 22.2 Å². The van der Waals surface area contributed by atoms with Crippen LogP contribution in [0.2, 0.25) is 0 Å². The SMILES string of the molecule is CC[C@H](C)NC(=O)Cn1ncn2nc(-c3cccc4ccccc34)cc2c1=O. The van der Waals surface area contributed by atoms with Crippen LogP contribution in [0.1, 0.15) is 20.3 Å². The molecule has 4 aromatic rings. The van der Waals surface area contributed by atoms with Crippen LogP contribution in [0, 0.1) is 0 Å². The fourth-order valence-corrected chi connectivity index (χ4v) is 3.19. The summed E-state index contributed by atoms with van der Waals surface area (Å²) in [6.07, 6.45) is 2.28. The van der Waals surface area contributed by atoms with Gasteiger partial charge >= 0.3 is 0 Å². The largest absolute Gasteiger partial charge is 0.352 e. The first kappa shape index (κ1) is 17.9. The van der Waals surface area contributed by atoms with E-state index in [0.717, 1.165) is 22.8 Å². The smallest absolute Gasteiger partial charge is 0.293 e. The summed E-state index contributed by atoms with van der Waals surface area (Å²) < 4.78 is 2.63. The Morgan fingerprint density at radius 2 is 1.96 bits per heavy atom. The third kappa shape index (κ3) is 3.26. The van der Waals surface area contributed by atoms with Crippen molar-refractivity contribution in [3.8, 4) is 11.3 Å². The standard InChI is InChI=1S/C21H21N5O2/c1-3-14(2)23-20(27)12-25-21(28)19-11-18(24-26(19)13-22-25)17-10-6-8-15-7-4-5-9-16(15)17/h4-11,13-14H,3,12H2,1-2H3,(H,23,27)/t14-/m0/s1. The van der Waals surface area contributed by atoms with Crippen molar-refractivity contribution in [2.45, 2.75) is 32.9 Å². The van der Waals surface area contributed by atoms with Gasteiger partial charge in [-0.25, -0.2) is 9.20 Å². The molecule has 1 atom stereocenters. The Morgan fingerprint density at radius 1 is 1.18 bits per heavy atom. The van der Waals surface area contributed by atoms with Gasteiger partial charge in [-0.15, -0.1) is 0 Å². The van der Waals surface area contributed by atoms with E-state index in [1.165, 1.54) is 15.5 Å². The van der Waals surface area contributed by atoms with E-state index in [2.05, 4.69) is 15.5 Å². The van der Waals surface area contributed by atoms with Gasteiger partial charge in [-0.2, -0.15) is 10.2 Å². The van der Waals surface area contributed by atoms with Crippen molar-refractivity contribution in [3.63, 3.8) is 0 Å². The predicted octanol–water partition coefficient (Wildman–Crippen LogP) is 2.63. The summed E-state index contributed by atoms with van der Waals surface area (Å²) in [7, 11) is 0. The van der Waals surface area contributed by atoms with E-state index in [9.17, 15) is 9.59 Å². The Labute approximate surface area is 161 Å². The van der Waals surface area contributed by atoms with E-state index in [1.54, 1.807) is 6.07 Å². The van der Waals surface area contributed by atoms with Crippen LogP contribution >= 0.6 is 0 Å². The van der Waals surface area contributed by atoms with Crippen LogP contribution in [0.15, 0.2) is 59.7 Å². The van der Waals surface area contributed by atoms with Gasteiger partial charge in [0.25, 0.3) is 5.56 Å². The molecule has 0 unspecified atom stereocenters. The minimum Gasteiger partial charge on any atom is -0.352 e. The van der Waals surface area contributed by atoms with Gasteiger partial charge in [0.15, 0.2) is 0 Å². The van der Waals surface area contributed by atoms with E-state index >= 15 is 0 Å². The number of hydrogen-bond donors (Lipinski definition) is 1. The molecule has 0 radical (unpaired) electrons. The number of amides is 1. The van der Waals surface area contributed by atoms with Crippen LogP contribution in [0.25, 0.3) is 27.5 Å². The number of nitrogens with one attached hydrogen (secondary N) is 1. The number of hydrogen-bond acceptors (Lipinski definition) is 4. The number of aromatic nitrogens is 4. The summed E-state index contributed by atoms with van der Waals surface area (Å²) in [6, 6.07) is 15.8. The number of rotatable bonds is 5. The molecule has 1 N–H and O–H groups in total. The molecule has 2 aromatic heterocycles. The molecule has 7 heteroatoms. The molecular weight excluding hydrogens is 354 g/mol. The summed E-state index contributed by atoms with van der Waals surface area (Å²) in [5, 5.41) is 13.6. The monoisotopic (exact) mass is 375 g/mol. The second-order valence-corrected chi connectivity index (χ2v) is 6.86. The van der Waals surface area contributed by atoms with Crippen LogP contribution in [0.4, 0.5) is 0 Å². The minimum atomic E-state index is -0.346. The number of benzene rings is 2. The van der Waals surface area contributed by atoms with Gasteiger partial charge < -0.3 is 5.32 Å². The highest BCUT2D eigenvalue weighted by Gasteiger charge is 2.14. The molecule has 0 saturated carbocycles. The van der Waals surface area contributed by atoms with Gasteiger partial charge in [0.2, 0.25) is 5.91 Å². The highest BCUT2D eigenvalue weighted by atomic mass is 16.2. The third-order valence-electron chi connectivity index (χ3n) is 4.87. The maximum atomic E-state index is 12.8. The Morgan fingerprint density at radius 3 is 2.79 bits per heavy atom. The molecular formula is C21H21N5O2. The normalized spacial score (nSPS) is 12.4. The first-order chi connectivity index (χ1) is 13.6. The van der Waals surface area contributed by atoms with Gasteiger partial charge in [0, 0.05) is 11.6 Å². The maximum Gasteiger partial charge on any atom is 0.293 e. The molecule has 0 saturated heterocycles. The minimum absolute atomic E-state index is 0.0554. The first-order valence-electron chi connectivity index (χ1n) is 9.30. The topological polar surface area (TPSA) is 81.3 Å². The van der Waals surface area contributed by atoms with Crippen molar-refractivity contribution in [1.29, 1.82) is 0 Å². The van der Waals surface area contributed by atoms with Crippen LogP contribution < -0.4 is 10.9 Å². The van der Waals surface area contributed by atoms with Crippen LogP contribution in [-0.2, 0) is 11.3 Å². The van der Waals surface area contributed by atoms with Gasteiger partial charge in [-0.1, -0.05) is 49.4 Å². The van der Waals surface area contributed by atoms with Crippen molar-refractivity contribution in [2.24, 2.45) is 0 Å². The van der Waals surface area contributed by atoms with Crippen LogP contribution in [0.5, 0.6) is 0 Å². The molecule has 1 amide bonds. The Bertz CT molecular complexity index is 1220. The average Bonchev–Trinajstić information content (AvgIpc) is 3.14. The Kier molecular flexibility index (Phi) is 4.65. The van der Waals surface area contributed by atoms with E-state index in [4.69, 9.17) is 0 Å².